The molecule has 0 bridgehead atoms. The molecule has 1 heterocycles. The molecule has 1 unspecified atom stereocenters. The minimum Gasteiger partial charge on any atom is -0.462 e. The zero-order chi connectivity index (χ0) is 13.8. The zero-order valence-electron chi connectivity index (χ0n) is 10.1. The Morgan fingerprint density at radius 3 is 2.58 bits per heavy atom. The van der Waals surface area contributed by atoms with Crippen molar-refractivity contribution < 1.29 is 27.4 Å². The summed E-state index contributed by atoms with van der Waals surface area (Å²) < 4.78 is 49.3. The molecule has 0 aliphatic carbocycles. The Bertz CT molecular complexity index is 447. The second kappa shape index (κ2) is 6.06. The normalized spacial score (nSPS) is 18.6. The van der Waals surface area contributed by atoms with Crippen LogP contribution in [0.2, 0.25) is 0 Å². The second-order valence-corrected chi connectivity index (χ2v) is 4.30. The summed E-state index contributed by atoms with van der Waals surface area (Å²) >= 11 is 0. The third-order valence-corrected chi connectivity index (χ3v) is 2.91. The fourth-order valence-electron chi connectivity index (χ4n) is 1.96. The van der Waals surface area contributed by atoms with Gasteiger partial charge in [-0.05, 0) is 12.8 Å². The van der Waals surface area contributed by atoms with Gasteiger partial charge in [0.2, 0.25) is 0 Å². The molecular formula is C13H13F3O3. The van der Waals surface area contributed by atoms with Crippen LogP contribution < -0.4 is 0 Å². The number of carbonyl (C=O) groups is 1. The van der Waals surface area contributed by atoms with Crippen molar-refractivity contribution in [3.8, 4) is 0 Å². The number of esters is 1. The van der Waals surface area contributed by atoms with E-state index in [0.717, 1.165) is 12.8 Å². The van der Waals surface area contributed by atoms with E-state index >= 15 is 0 Å². The molecule has 1 aromatic rings. The van der Waals surface area contributed by atoms with Gasteiger partial charge in [0.05, 0.1) is 12.7 Å². The number of benzene rings is 1. The molecule has 1 aliphatic rings. The van der Waals surface area contributed by atoms with Crippen molar-refractivity contribution in [1.82, 2.24) is 0 Å². The third-order valence-electron chi connectivity index (χ3n) is 2.91. The van der Waals surface area contributed by atoms with Gasteiger partial charge in [-0.1, -0.05) is 0 Å². The van der Waals surface area contributed by atoms with Gasteiger partial charge in [-0.25, -0.2) is 18.0 Å². The monoisotopic (exact) mass is 274 g/mol. The van der Waals surface area contributed by atoms with Crippen LogP contribution in [0.5, 0.6) is 0 Å². The molecule has 1 saturated heterocycles. The molecule has 104 valence electrons. The highest BCUT2D eigenvalue weighted by Gasteiger charge is 2.21. The molecule has 2 rings (SSSR count). The van der Waals surface area contributed by atoms with Crippen LogP contribution in [-0.2, 0) is 9.47 Å². The van der Waals surface area contributed by atoms with Gasteiger partial charge in [0.1, 0.15) is 23.0 Å². The predicted octanol–water partition coefficient (Wildman–Crippen LogP) is 2.83. The van der Waals surface area contributed by atoms with E-state index < -0.39 is 29.0 Å². The Hall–Kier alpha value is -1.56. The van der Waals surface area contributed by atoms with Gasteiger partial charge in [-0.3, -0.25) is 0 Å². The topological polar surface area (TPSA) is 35.5 Å². The molecule has 0 radical (unpaired) electrons. The summed E-state index contributed by atoms with van der Waals surface area (Å²) in [5.41, 5.74) is -0.867. The molecule has 1 fully saturated rings. The first-order chi connectivity index (χ1) is 9.08. The highest BCUT2D eigenvalue weighted by molar-refractivity contribution is 5.90. The molecule has 1 atom stereocenters. The molecule has 19 heavy (non-hydrogen) atoms. The second-order valence-electron chi connectivity index (χ2n) is 4.30. The van der Waals surface area contributed by atoms with Gasteiger partial charge in [0, 0.05) is 25.2 Å². The Morgan fingerprint density at radius 2 is 2.00 bits per heavy atom. The van der Waals surface area contributed by atoms with E-state index in [2.05, 4.69) is 0 Å². The summed E-state index contributed by atoms with van der Waals surface area (Å²) in [7, 11) is 0. The fraction of sp³-hybridized carbons (Fsp3) is 0.462. The van der Waals surface area contributed by atoms with Crippen molar-refractivity contribution in [3.05, 3.63) is 35.1 Å². The maximum absolute atomic E-state index is 13.3. The first-order valence-corrected chi connectivity index (χ1v) is 6.01. The number of hydrogen-bond acceptors (Lipinski definition) is 3. The van der Waals surface area contributed by atoms with Crippen LogP contribution in [0.3, 0.4) is 0 Å². The standard InChI is InChI=1S/C13H13F3O3/c14-8-6-10(15)12(11(16)7-8)13(17)19-5-3-9-2-1-4-18-9/h6-7,9H,1-5H2. The number of hydrogen-bond donors (Lipinski definition) is 0. The van der Waals surface area contributed by atoms with E-state index in [9.17, 15) is 18.0 Å². The average Bonchev–Trinajstić information content (AvgIpc) is 2.80. The predicted molar refractivity (Wildman–Crippen MR) is 60.2 cm³/mol. The maximum atomic E-state index is 13.3. The van der Waals surface area contributed by atoms with Gasteiger partial charge in [-0.2, -0.15) is 0 Å². The Balaban J connectivity index is 1.92. The summed E-state index contributed by atoms with van der Waals surface area (Å²) in [5, 5.41) is 0. The van der Waals surface area contributed by atoms with Crippen LogP contribution in [-0.4, -0.2) is 25.3 Å². The van der Waals surface area contributed by atoms with Crippen molar-refractivity contribution in [1.29, 1.82) is 0 Å². The molecule has 1 aliphatic heterocycles. The van der Waals surface area contributed by atoms with E-state index in [-0.39, 0.29) is 12.7 Å². The fourth-order valence-corrected chi connectivity index (χ4v) is 1.96. The van der Waals surface area contributed by atoms with E-state index in [1.54, 1.807) is 0 Å². The van der Waals surface area contributed by atoms with Crippen molar-refractivity contribution >= 4 is 5.97 Å². The molecule has 0 N–H and O–H groups in total. The quantitative estimate of drug-likeness (QED) is 0.792. The Morgan fingerprint density at radius 1 is 1.32 bits per heavy atom. The molecule has 0 amide bonds. The summed E-state index contributed by atoms with van der Waals surface area (Å²) in [6.07, 6.45) is 2.35. The number of ether oxygens (including phenoxy) is 2. The van der Waals surface area contributed by atoms with Crippen molar-refractivity contribution in [2.75, 3.05) is 13.2 Å². The van der Waals surface area contributed by atoms with Crippen LogP contribution >= 0.6 is 0 Å². The van der Waals surface area contributed by atoms with Crippen LogP contribution in [0, 0.1) is 17.5 Å². The summed E-state index contributed by atoms with van der Waals surface area (Å²) in [6, 6.07) is 0.888. The van der Waals surface area contributed by atoms with Gasteiger partial charge in [0.15, 0.2) is 0 Å². The number of halogens is 3. The largest absolute Gasteiger partial charge is 0.462 e. The van der Waals surface area contributed by atoms with Gasteiger partial charge >= 0.3 is 5.97 Å². The lowest BCUT2D eigenvalue weighted by Gasteiger charge is -2.10. The van der Waals surface area contributed by atoms with Crippen molar-refractivity contribution in [3.63, 3.8) is 0 Å². The highest BCUT2D eigenvalue weighted by Crippen LogP contribution is 2.18. The summed E-state index contributed by atoms with van der Waals surface area (Å²) in [6.45, 7) is 0.694. The lowest BCUT2D eigenvalue weighted by molar-refractivity contribution is 0.0376. The van der Waals surface area contributed by atoms with Gasteiger partial charge in [0.25, 0.3) is 0 Å². The third kappa shape index (κ3) is 3.47. The lowest BCUT2D eigenvalue weighted by Crippen LogP contribution is -2.15. The van der Waals surface area contributed by atoms with E-state index in [0.29, 0.717) is 25.2 Å². The smallest absolute Gasteiger partial charge is 0.344 e. The minimum atomic E-state index is -1.26. The van der Waals surface area contributed by atoms with Gasteiger partial charge < -0.3 is 9.47 Å². The molecule has 0 saturated carbocycles. The highest BCUT2D eigenvalue weighted by atomic mass is 19.1. The zero-order valence-corrected chi connectivity index (χ0v) is 10.1. The summed E-state index contributed by atoms with van der Waals surface area (Å²) in [5.74, 6) is -4.74. The van der Waals surface area contributed by atoms with Crippen LogP contribution in [0.25, 0.3) is 0 Å². The average molecular weight is 274 g/mol. The van der Waals surface area contributed by atoms with Gasteiger partial charge in [-0.15, -0.1) is 0 Å². The van der Waals surface area contributed by atoms with Crippen molar-refractivity contribution in [2.24, 2.45) is 0 Å². The van der Waals surface area contributed by atoms with Crippen LogP contribution in [0.1, 0.15) is 29.6 Å². The Kier molecular flexibility index (Phi) is 4.42. The minimum absolute atomic E-state index is 0.0136. The van der Waals surface area contributed by atoms with Crippen LogP contribution in [0.15, 0.2) is 12.1 Å². The Labute approximate surface area is 108 Å². The first kappa shape index (κ1) is 13.9. The summed E-state index contributed by atoms with van der Waals surface area (Å²) in [4.78, 5) is 11.5. The van der Waals surface area contributed by atoms with E-state index in [4.69, 9.17) is 9.47 Å². The molecule has 0 aromatic heterocycles. The lowest BCUT2D eigenvalue weighted by atomic mass is 10.2. The molecule has 1 aromatic carbocycles. The first-order valence-electron chi connectivity index (χ1n) is 6.01. The number of carbonyl (C=O) groups excluding carboxylic acids is 1. The molecule has 0 spiro atoms. The van der Waals surface area contributed by atoms with E-state index in [1.165, 1.54) is 0 Å². The van der Waals surface area contributed by atoms with Crippen LogP contribution in [0.4, 0.5) is 13.2 Å². The van der Waals surface area contributed by atoms with E-state index in [1.807, 2.05) is 0 Å². The SMILES string of the molecule is O=C(OCCC1CCCO1)c1c(F)cc(F)cc1F. The van der Waals surface area contributed by atoms with Crippen molar-refractivity contribution in [2.45, 2.75) is 25.4 Å². The molecule has 6 heteroatoms. The number of rotatable bonds is 4. The molecular weight excluding hydrogens is 261 g/mol. The maximum Gasteiger partial charge on any atom is 0.344 e. The molecule has 3 nitrogen and oxygen atoms in total.